The maximum Gasteiger partial charge on any atom is 0.252 e. The number of rotatable bonds is 6. The van der Waals surface area contributed by atoms with E-state index in [9.17, 15) is 24.0 Å². The van der Waals surface area contributed by atoms with Crippen LogP contribution in [0.3, 0.4) is 0 Å². The quantitative estimate of drug-likeness (QED) is 0.162. The van der Waals surface area contributed by atoms with E-state index < -0.39 is 64.2 Å². The highest BCUT2D eigenvalue weighted by Crippen LogP contribution is 2.68. The van der Waals surface area contributed by atoms with E-state index in [1.54, 1.807) is 123 Å². The number of imide groups is 2. The summed E-state index contributed by atoms with van der Waals surface area (Å²) in [7, 11) is 0. The molecule has 9 nitrogen and oxygen atoms in total. The molecule has 6 atom stereocenters. The number of nitrogens with one attached hydrogen (secondary N) is 1. The minimum absolute atomic E-state index is 0.267. The molecule has 1 saturated carbocycles. The molecule has 2 unspecified atom stereocenters. The van der Waals surface area contributed by atoms with Crippen LogP contribution in [0.2, 0.25) is 15.1 Å². The van der Waals surface area contributed by atoms with Gasteiger partial charge in [-0.3, -0.25) is 29.0 Å². The Bertz CT molecular complexity index is 2170. The van der Waals surface area contributed by atoms with Crippen molar-refractivity contribution in [3.8, 4) is 0 Å². The molecule has 2 aliphatic heterocycles. The van der Waals surface area contributed by atoms with Gasteiger partial charge in [-0.05, 0) is 97.4 Å². The molecule has 3 fully saturated rings. The number of hydrogen-bond acceptors (Lipinski definition) is 6. The molecule has 12 heteroatoms. The van der Waals surface area contributed by atoms with Crippen molar-refractivity contribution in [1.82, 2.24) is 5.32 Å². The first-order valence-electron chi connectivity index (χ1n) is 16.6. The van der Waals surface area contributed by atoms with Crippen LogP contribution < -0.4 is 15.1 Å². The number of hydrogen-bond donors (Lipinski definition) is 1. The van der Waals surface area contributed by atoms with Crippen molar-refractivity contribution in [2.75, 3.05) is 9.80 Å². The van der Waals surface area contributed by atoms with Crippen LogP contribution in [0.4, 0.5) is 17.1 Å². The highest BCUT2D eigenvalue weighted by atomic mass is 35.5. The minimum atomic E-state index is -1.84. The minimum Gasteiger partial charge on any atom is -0.341 e. The van der Waals surface area contributed by atoms with Gasteiger partial charge in [0, 0.05) is 31.8 Å². The summed E-state index contributed by atoms with van der Waals surface area (Å²) >= 11 is 18.5. The van der Waals surface area contributed by atoms with Gasteiger partial charge in [-0.2, -0.15) is 0 Å². The molecule has 0 radical (unpaired) electrons. The lowest BCUT2D eigenvalue weighted by Crippen LogP contribution is -2.73. The molecule has 2 heterocycles. The lowest BCUT2D eigenvalue weighted by molar-refractivity contribution is -0.150. The van der Waals surface area contributed by atoms with Crippen LogP contribution in [0.1, 0.15) is 24.2 Å². The molecule has 0 aromatic heterocycles. The molecule has 4 aromatic rings. The van der Waals surface area contributed by atoms with Crippen LogP contribution in [-0.4, -0.2) is 40.8 Å². The molecular formula is C40H29Cl3N4O5. The SMILES string of the molecule is CC(=Nc1ccc(Cl)cc1)C1=CC2(NC(=O)c3ccccc3)[C@@H]3C(=O)N(c4ccc(Cl)cc4)C(=O)[C@@H]3C1(C)[C@@H]1C(=O)N(c3ccc(Cl)cc3)C(=O)[C@@H]12. The standard InChI is InChI=1S/C40H29Cl3N4O5/c1-21(44-26-14-8-23(41)9-15-26)29-20-40(45-34(48)22-6-4-3-5-7-22)32-30(35(49)46(37(32)51)27-16-10-24(42)11-17-27)39(29,2)31-33(40)38(52)47(36(31)50)28-18-12-25(43)13-19-28/h3-20,30-33H,1-2H3,(H,45,48)/t30-,31+,32+,33-,39?,40?. The van der Waals surface area contributed by atoms with E-state index in [0.717, 1.165) is 9.80 Å². The maximum atomic E-state index is 14.9. The summed E-state index contributed by atoms with van der Waals surface area (Å²) in [5.74, 6) is -7.80. The number of anilines is 2. The summed E-state index contributed by atoms with van der Waals surface area (Å²) in [6.45, 7) is 3.50. The van der Waals surface area contributed by atoms with E-state index >= 15 is 0 Å². The Morgan fingerprint density at radius 3 is 1.52 bits per heavy atom. The predicted molar refractivity (Wildman–Crippen MR) is 199 cm³/mol. The summed E-state index contributed by atoms with van der Waals surface area (Å²) in [6, 6.07) is 27.8. The molecule has 5 aliphatic rings. The third-order valence-corrected chi connectivity index (χ3v) is 11.7. The van der Waals surface area contributed by atoms with Crippen LogP contribution in [-0.2, 0) is 19.2 Å². The molecule has 5 amide bonds. The fraction of sp³-hybridized carbons (Fsp3) is 0.200. The van der Waals surface area contributed by atoms with Crippen LogP contribution in [0.25, 0.3) is 0 Å². The Morgan fingerprint density at radius 2 is 1.06 bits per heavy atom. The number of carbonyl (C=O) groups excluding carboxylic acids is 5. The van der Waals surface area contributed by atoms with Crippen molar-refractivity contribution < 1.29 is 24.0 Å². The Balaban J connectivity index is 1.39. The second kappa shape index (κ2) is 12.3. The zero-order valence-electron chi connectivity index (χ0n) is 27.7. The van der Waals surface area contributed by atoms with E-state index in [1.807, 2.05) is 0 Å². The zero-order chi connectivity index (χ0) is 36.7. The molecule has 2 bridgehead atoms. The predicted octanol–water partition coefficient (Wildman–Crippen LogP) is 7.48. The van der Waals surface area contributed by atoms with Crippen LogP contribution in [0.15, 0.2) is 120 Å². The van der Waals surface area contributed by atoms with Gasteiger partial charge in [-0.25, -0.2) is 9.80 Å². The Hall–Kier alpha value is -5.09. The van der Waals surface area contributed by atoms with E-state index in [1.165, 1.54) is 0 Å². The molecule has 2 saturated heterocycles. The largest absolute Gasteiger partial charge is 0.341 e. The van der Waals surface area contributed by atoms with Crippen molar-refractivity contribution in [2.45, 2.75) is 19.4 Å². The normalized spacial score (nSPS) is 27.9. The Labute approximate surface area is 313 Å². The van der Waals surface area contributed by atoms with Crippen LogP contribution in [0, 0.1) is 29.1 Å². The lowest BCUT2D eigenvalue weighted by atomic mass is 9.41. The third-order valence-electron chi connectivity index (χ3n) is 10.9. The second-order valence-electron chi connectivity index (χ2n) is 13.7. The monoisotopic (exact) mass is 750 g/mol. The van der Waals surface area contributed by atoms with Crippen molar-refractivity contribution in [1.29, 1.82) is 0 Å². The van der Waals surface area contributed by atoms with Crippen molar-refractivity contribution in [3.05, 3.63) is 135 Å². The first-order chi connectivity index (χ1) is 24.9. The molecule has 3 aliphatic carbocycles. The van der Waals surface area contributed by atoms with Crippen LogP contribution in [0.5, 0.6) is 0 Å². The van der Waals surface area contributed by atoms with E-state index in [0.29, 0.717) is 32.0 Å². The van der Waals surface area contributed by atoms with Crippen molar-refractivity contribution >= 4 is 87.1 Å². The zero-order valence-corrected chi connectivity index (χ0v) is 30.0. The Kier molecular flexibility index (Phi) is 8.02. The summed E-state index contributed by atoms with van der Waals surface area (Å²) in [4.78, 5) is 80.9. The van der Waals surface area contributed by atoms with E-state index in [-0.39, 0.29) is 16.9 Å². The Morgan fingerprint density at radius 1 is 0.635 bits per heavy atom. The average Bonchev–Trinajstić information content (AvgIpc) is 3.58. The smallest absolute Gasteiger partial charge is 0.252 e. The highest BCUT2D eigenvalue weighted by Gasteiger charge is 2.80. The molecule has 260 valence electrons. The van der Waals surface area contributed by atoms with E-state index in [2.05, 4.69) is 5.32 Å². The molecule has 0 spiro atoms. The molecule has 52 heavy (non-hydrogen) atoms. The second-order valence-corrected chi connectivity index (χ2v) is 15.0. The third kappa shape index (κ3) is 4.90. The number of allylic oxidation sites excluding steroid dienone is 1. The fourth-order valence-corrected chi connectivity index (χ4v) is 9.19. The number of carbonyl (C=O) groups is 5. The van der Waals surface area contributed by atoms with Crippen molar-refractivity contribution in [2.24, 2.45) is 34.1 Å². The van der Waals surface area contributed by atoms with Crippen LogP contribution >= 0.6 is 34.8 Å². The van der Waals surface area contributed by atoms with Gasteiger partial charge in [0.1, 0.15) is 0 Å². The maximum absolute atomic E-state index is 14.9. The molecule has 1 N–H and O–H groups in total. The molecule has 4 aromatic carbocycles. The molecular weight excluding hydrogens is 723 g/mol. The van der Waals surface area contributed by atoms with Gasteiger partial charge in [-0.15, -0.1) is 0 Å². The lowest BCUT2D eigenvalue weighted by Gasteiger charge is -2.60. The van der Waals surface area contributed by atoms with Gasteiger partial charge in [0.05, 0.1) is 46.3 Å². The summed E-state index contributed by atoms with van der Waals surface area (Å²) < 4.78 is 0. The van der Waals surface area contributed by atoms with E-state index in [4.69, 9.17) is 39.8 Å². The first-order valence-corrected chi connectivity index (χ1v) is 17.7. The highest BCUT2D eigenvalue weighted by molar-refractivity contribution is 6.32. The van der Waals surface area contributed by atoms with Gasteiger partial charge >= 0.3 is 0 Å². The van der Waals surface area contributed by atoms with Gasteiger partial charge in [-0.1, -0.05) is 66.0 Å². The van der Waals surface area contributed by atoms with Gasteiger partial charge in [0.15, 0.2) is 0 Å². The van der Waals surface area contributed by atoms with Gasteiger partial charge in [0.25, 0.3) is 5.91 Å². The summed E-state index contributed by atoms with van der Waals surface area (Å²) in [5, 5.41) is 4.42. The molecule has 9 rings (SSSR count). The summed E-state index contributed by atoms with van der Waals surface area (Å²) in [5.41, 5.74) is -0.990. The summed E-state index contributed by atoms with van der Waals surface area (Å²) in [6.07, 6.45) is 1.71. The number of amides is 5. The first kappa shape index (κ1) is 34.0. The number of aliphatic imine (C=N–C) groups is 1. The average molecular weight is 752 g/mol. The van der Waals surface area contributed by atoms with Gasteiger partial charge in [0.2, 0.25) is 23.6 Å². The number of halogens is 3. The number of nitrogens with zero attached hydrogens (tertiary/aromatic N) is 3. The van der Waals surface area contributed by atoms with Crippen molar-refractivity contribution in [3.63, 3.8) is 0 Å². The number of benzene rings is 4. The topological polar surface area (TPSA) is 116 Å². The van der Waals surface area contributed by atoms with Gasteiger partial charge < -0.3 is 5.32 Å². The fourth-order valence-electron chi connectivity index (χ4n) is 8.81.